The summed E-state index contributed by atoms with van der Waals surface area (Å²) in [5.41, 5.74) is 7.14. The van der Waals surface area contributed by atoms with Gasteiger partial charge in [-0.3, -0.25) is 0 Å². The zero-order valence-corrected chi connectivity index (χ0v) is 31.5. The Labute approximate surface area is 319 Å². The first-order valence-electron chi connectivity index (χ1n) is 13.6. The Hall–Kier alpha value is -3.64. The summed E-state index contributed by atoms with van der Waals surface area (Å²) in [5, 5.41) is 33.7. The summed E-state index contributed by atoms with van der Waals surface area (Å²) in [4.78, 5) is 32.2. The summed E-state index contributed by atoms with van der Waals surface area (Å²) in [6, 6.07) is 20.9. The first-order valence-corrected chi connectivity index (χ1v) is 17.0. The SMILES string of the molecule is Cc1ccc(-c2cc(C(=O)[O-])sn2)cc1Cl.Cc1ccc(-c2cc(C(=O)[O-])sn2)cc1Cl.Cc1ccc(-c2cc(C(=O)[O-])sn2)cc1Cl.[Al+3]. The van der Waals surface area contributed by atoms with E-state index >= 15 is 0 Å². The number of hydrogen-bond donors (Lipinski definition) is 0. The summed E-state index contributed by atoms with van der Waals surface area (Å²) in [5.74, 6) is -3.62. The summed E-state index contributed by atoms with van der Waals surface area (Å²) in [6.45, 7) is 5.71. The number of carboxylic acids is 3. The van der Waals surface area contributed by atoms with Gasteiger partial charge in [0.05, 0.1) is 49.6 Å². The maximum absolute atomic E-state index is 10.6. The average molecular weight is 785 g/mol. The third-order valence-corrected chi connectivity index (χ3v) is 10.1. The number of nitrogens with zero attached hydrogens (tertiary/aromatic N) is 3. The van der Waals surface area contributed by atoms with E-state index in [1.165, 1.54) is 18.2 Å². The van der Waals surface area contributed by atoms with E-state index in [9.17, 15) is 29.7 Å². The third-order valence-electron chi connectivity index (χ3n) is 6.54. The van der Waals surface area contributed by atoms with Crippen molar-refractivity contribution < 1.29 is 29.7 Å². The van der Waals surface area contributed by atoms with Crippen LogP contribution in [0.25, 0.3) is 33.8 Å². The van der Waals surface area contributed by atoms with Crippen LogP contribution in [0.1, 0.15) is 45.7 Å². The van der Waals surface area contributed by atoms with Gasteiger partial charge in [0.25, 0.3) is 0 Å². The molecule has 16 heteroatoms. The Bertz CT molecular complexity index is 1900. The number of carbonyl (C=O) groups excluding carboxylic acids is 3. The summed E-state index contributed by atoms with van der Waals surface area (Å²) in [7, 11) is 0. The molecule has 6 rings (SSSR count). The number of benzene rings is 3. The largest absolute Gasteiger partial charge is 3.00 e. The van der Waals surface area contributed by atoms with Crippen molar-refractivity contribution in [3.8, 4) is 33.8 Å². The Kier molecular flexibility index (Phi) is 14.5. The second-order valence-corrected chi connectivity index (χ2v) is 13.6. The van der Waals surface area contributed by atoms with Gasteiger partial charge in [-0.1, -0.05) is 71.2 Å². The first-order chi connectivity index (χ1) is 22.7. The number of aromatic nitrogens is 3. The van der Waals surface area contributed by atoms with Gasteiger partial charge in [-0.15, -0.1) is 0 Å². The number of aryl methyl sites for hydroxylation is 3. The van der Waals surface area contributed by atoms with E-state index in [1.54, 1.807) is 18.2 Å². The summed E-state index contributed by atoms with van der Waals surface area (Å²) >= 11 is 20.7. The molecule has 3 aromatic carbocycles. The van der Waals surface area contributed by atoms with E-state index in [0.29, 0.717) is 32.1 Å². The molecule has 3 aromatic heterocycles. The minimum absolute atomic E-state index is 0. The zero-order valence-electron chi connectivity index (χ0n) is 25.7. The molecule has 0 bridgehead atoms. The average Bonchev–Trinajstić information content (AvgIpc) is 3.83. The molecule has 49 heavy (non-hydrogen) atoms. The monoisotopic (exact) mass is 783 g/mol. The maximum atomic E-state index is 10.6. The van der Waals surface area contributed by atoms with Crippen LogP contribution in [0.4, 0.5) is 0 Å². The van der Waals surface area contributed by atoms with Crippen LogP contribution < -0.4 is 15.3 Å². The van der Waals surface area contributed by atoms with Crippen LogP contribution in [-0.4, -0.2) is 48.4 Å². The number of halogens is 3. The fourth-order valence-electron chi connectivity index (χ4n) is 3.78. The molecule has 0 N–H and O–H groups in total. The van der Waals surface area contributed by atoms with Crippen molar-refractivity contribution in [1.82, 2.24) is 13.1 Å². The number of rotatable bonds is 6. The quantitative estimate of drug-likeness (QED) is 0.184. The van der Waals surface area contributed by atoms with Gasteiger partial charge in [0.1, 0.15) is 0 Å². The van der Waals surface area contributed by atoms with Crippen LogP contribution >= 0.6 is 69.4 Å². The zero-order chi connectivity index (χ0) is 35.1. The van der Waals surface area contributed by atoms with Crippen molar-refractivity contribution >= 4 is 105 Å². The number of carbonyl (C=O) groups is 3. The van der Waals surface area contributed by atoms with Gasteiger partial charge in [-0.05, 0) is 108 Å². The molecule has 0 amide bonds. The van der Waals surface area contributed by atoms with Crippen LogP contribution in [0.2, 0.25) is 15.1 Å². The molecule has 0 atom stereocenters. The molecule has 246 valence electrons. The van der Waals surface area contributed by atoms with Crippen LogP contribution in [0, 0.1) is 20.8 Å². The van der Waals surface area contributed by atoms with Gasteiger partial charge in [0, 0.05) is 31.8 Å². The fourth-order valence-corrected chi connectivity index (χ4v) is 6.10. The first kappa shape index (κ1) is 39.8. The third kappa shape index (κ3) is 10.7. The van der Waals surface area contributed by atoms with Crippen LogP contribution in [0.3, 0.4) is 0 Å². The fraction of sp³-hybridized carbons (Fsp3) is 0.0909. The number of carboxylic acid groups (broad SMARTS) is 3. The molecule has 0 saturated heterocycles. The molecule has 3 heterocycles. The van der Waals surface area contributed by atoms with E-state index in [2.05, 4.69) is 13.1 Å². The standard InChI is InChI=1S/3C11H8ClNO2S.Al/c3*1-6-2-3-7(4-8(6)12)9-5-10(11(14)15)16-13-9;/h3*2-5H,1H3,(H,14,15);/q;;;+3/p-3. The topological polar surface area (TPSA) is 159 Å². The molecule has 0 unspecified atom stereocenters. The summed E-state index contributed by atoms with van der Waals surface area (Å²) in [6.07, 6.45) is 0. The van der Waals surface area contributed by atoms with Crippen LogP contribution in [-0.2, 0) is 0 Å². The van der Waals surface area contributed by atoms with Crippen molar-refractivity contribution in [1.29, 1.82) is 0 Å². The van der Waals surface area contributed by atoms with Gasteiger partial charge in [0.2, 0.25) is 0 Å². The number of hydrogen-bond acceptors (Lipinski definition) is 12. The minimum Gasteiger partial charge on any atom is -0.544 e. The molecule has 0 aliphatic carbocycles. The van der Waals surface area contributed by atoms with E-state index < -0.39 is 17.9 Å². The molecule has 0 radical (unpaired) electrons. The molecule has 9 nitrogen and oxygen atoms in total. The van der Waals surface area contributed by atoms with E-state index in [4.69, 9.17) is 34.8 Å². The van der Waals surface area contributed by atoms with Gasteiger partial charge >= 0.3 is 17.4 Å². The molecule has 0 aliphatic rings. The smallest absolute Gasteiger partial charge is 0.544 e. The van der Waals surface area contributed by atoms with Gasteiger partial charge in [0.15, 0.2) is 0 Å². The van der Waals surface area contributed by atoms with Crippen LogP contribution in [0.15, 0.2) is 72.8 Å². The van der Waals surface area contributed by atoms with E-state index in [0.717, 1.165) is 68.0 Å². The van der Waals surface area contributed by atoms with Crippen molar-refractivity contribution in [2.75, 3.05) is 0 Å². The Morgan fingerprint density at radius 1 is 0.490 bits per heavy atom. The van der Waals surface area contributed by atoms with E-state index in [1.807, 2.05) is 57.2 Å². The molecule has 0 fully saturated rings. The molecule has 0 spiro atoms. The Morgan fingerprint density at radius 2 is 0.735 bits per heavy atom. The Balaban J connectivity index is 0.000000197. The van der Waals surface area contributed by atoms with Crippen molar-refractivity contribution in [2.24, 2.45) is 0 Å². The minimum atomic E-state index is -1.21. The molecular weight excluding hydrogens is 764 g/mol. The number of aromatic carboxylic acids is 3. The molecule has 6 aromatic rings. The predicted molar refractivity (Wildman–Crippen MR) is 191 cm³/mol. The second kappa shape index (κ2) is 17.8. The van der Waals surface area contributed by atoms with Gasteiger partial charge < -0.3 is 29.7 Å². The van der Waals surface area contributed by atoms with Gasteiger partial charge in [-0.25, -0.2) is 0 Å². The predicted octanol–water partition coefficient (Wildman–Crippen LogP) is 6.03. The molecular formula is C33H21AlCl3N3O6S3. The van der Waals surface area contributed by atoms with Crippen molar-refractivity contribution in [3.63, 3.8) is 0 Å². The van der Waals surface area contributed by atoms with Gasteiger partial charge in [-0.2, -0.15) is 13.1 Å². The normalized spacial score (nSPS) is 10.2. The van der Waals surface area contributed by atoms with Crippen molar-refractivity contribution in [3.05, 3.63) is 119 Å². The maximum Gasteiger partial charge on any atom is 3.00 e. The molecule has 0 aliphatic heterocycles. The van der Waals surface area contributed by atoms with E-state index in [-0.39, 0.29) is 32.0 Å². The molecule has 0 saturated carbocycles. The second-order valence-electron chi connectivity index (χ2n) is 9.98. The van der Waals surface area contributed by atoms with Crippen LogP contribution in [0.5, 0.6) is 0 Å². The van der Waals surface area contributed by atoms with Crippen molar-refractivity contribution in [2.45, 2.75) is 20.8 Å². The summed E-state index contributed by atoms with van der Waals surface area (Å²) < 4.78 is 12.1. The Morgan fingerprint density at radius 3 is 0.918 bits per heavy atom.